The molecule has 24 heavy (non-hydrogen) atoms. The van der Waals surface area contributed by atoms with Crippen LogP contribution in [0.5, 0.6) is 5.75 Å². The number of likely N-dealkylation sites (tertiary alicyclic amines) is 1. The van der Waals surface area contributed by atoms with Crippen molar-refractivity contribution in [1.29, 1.82) is 0 Å². The van der Waals surface area contributed by atoms with Crippen LogP contribution >= 0.6 is 27.5 Å². The molecule has 0 unspecified atom stereocenters. The SMILES string of the molecule is Cc1cc(Cl)cc(Br)c1O[C@H]1CC(=O)CN(C(=O)OC(C)(C)C)C1. The summed E-state index contributed by atoms with van der Waals surface area (Å²) in [5, 5.41) is 0.599. The fourth-order valence-corrected chi connectivity index (χ4v) is 3.51. The van der Waals surface area contributed by atoms with Crippen molar-refractivity contribution in [3.63, 3.8) is 0 Å². The number of ether oxygens (including phenoxy) is 2. The summed E-state index contributed by atoms with van der Waals surface area (Å²) in [6.45, 7) is 7.60. The number of aryl methyl sites for hydroxylation is 1. The fraction of sp³-hybridized carbons (Fsp3) is 0.529. The molecule has 0 N–H and O–H groups in total. The van der Waals surface area contributed by atoms with E-state index < -0.39 is 17.8 Å². The van der Waals surface area contributed by atoms with Crippen LogP contribution < -0.4 is 4.74 Å². The maximum atomic E-state index is 12.2. The molecule has 0 aliphatic carbocycles. The molecule has 132 valence electrons. The summed E-state index contributed by atoms with van der Waals surface area (Å²) >= 11 is 9.43. The monoisotopic (exact) mass is 417 g/mol. The van der Waals surface area contributed by atoms with Crippen molar-refractivity contribution in [2.24, 2.45) is 0 Å². The molecule has 1 atom stereocenters. The highest BCUT2D eigenvalue weighted by molar-refractivity contribution is 9.10. The lowest BCUT2D eigenvalue weighted by atomic mass is 10.1. The quantitative estimate of drug-likeness (QED) is 0.716. The first kappa shape index (κ1) is 19.1. The number of hydrogen-bond donors (Lipinski definition) is 0. The second kappa shape index (κ2) is 7.31. The van der Waals surface area contributed by atoms with E-state index >= 15 is 0 Å². The first-order valence-electron chi connectivity index (χ1n) is 7.67. The van der Waals surface area contributed by atoms with Crippen molar-refractivity contribution < 1.29 is 19.1 Å². The highest BCUT2D eigenvalue weighted by Crippen LogP contribution is 2.33. The van der Waals surface area contributed by atoms with E-state index in [1.54, 1.807) is 32.9 Å². The molecule has 7 heteroatoms. The van der Waals surface area contributed by atoms with Crippen molar-refractivity contribution in [2.45, 2.75) is 45.8 Å². The number of piperidine rings is 1. The molecule has 1 aliphatic rings. The number of amides is 1. The van der Waals surface area contributed by atoms with E-state index in [4.69, 9.17) is 21.1 Å². The minimum atomic E-state index is -0.607. The van der Waals surface area contributed by atoms with Crippen LogP contribution in [0.4, 0.5) is 4.79 Å². The number of carbonyl (C=O) groups is 2. The molecule has 0 spiro atoms. The maximum absolute atomic E-state index is 12.2. The predicted molar refractivity (Wildman–Crippen MR) is 95.7 cm³/mol. The summed E-state index contributed by atoms with van der Waals surface area (Å²) in [7, 11) is 0. The minimum Gasteiger partial charge on any atom is -0.487 e. The van der Waals surface area contributed by atoms with Crippen LogP contribution in [-0.2, 0) is 9.53 Å². The zero-order valence-corrected chi connectivity index (χ0v) is 16.5. The van der Waals surface area contributed by atoms with E-state index in [1.165, 1.54) is 4.90 Å². The van der Waals surface area contributed by atoms with Crippen LogP contribution in [0.25, 0.3) is 0 Å². The second-order valence-corrected chi connectivity index (χ2v) is 8.17. The van der Waals surface area contributed by atoms with E-state index in [0.717, 1.165) is 5.56 Å². The number of benzene rings is 1. The Bertz CT molecular complexity index is 633. The van der Waals surface area contributed by atoms with Gasteiger partial charge in [0.25, 0.3) is 0 Å². The van der Waals surface area contributed by atoms with Gasteiger partial charge in [0.05, 0.1) is 17.6 Å². The average Bonchev–Trinajstić information content (AvgIpc) is 2.40. The molecular formula is C17H21BrClNO4. The molecule has 1 aromatic rings. The Labute approximate surface area is 155 Å². The van der Waals surface area contributed by atoms with Gasteiger partial charge in [0.15, 0.2) is 5.78 Å². The highest BCUT2D eigenvalue weighted by atomic mass is 79.9. The van der Waals surface area contributed by atoms with E-state index in [2.05, 4.69) is 15.9 Å². The van der Waals surface area contributed by atoms with Gasteiger partial charge in [-0.3, -0.25) is 9.69 Å². The molecular weight excluding hydrogens is 398 g/mol. The van der Waals surface area contributed by atoms with Gasteiger partial charge in [-0.25, -0.2) is 4.79 Å². The minimum absolute atomic E-state index is 0.0511. The molecule has 2 rings (SSSR count). The lowest BCUT2D eigenvalue weighted by molar-refractivity contribution is -0.125. The Kier molecular flexibility index (Phi) is 5.81. The summed E-state index contributed by atoms with van der Waals surface area (Å²) in [5.41, 5.74) is 0.250. The largest absolute Gasteiger partial charge is 0.487 e. The van der Waals surface area contributed by atoms with Crippen LogP contribution in [0.1, 0.15) is 32.8 Å². The van der Waals surface area contributed by atoms with E-state index in [1.807, 2.05) is 6.92 Å². The zero-order chi connectivity index (χ0) is 18.1. The zero-order valence-electron chi connectivity index (χ0n) is 14.2. The summed E-state index contributed by atoms with van der Waals surface area (Å²) in [4.78, 5) is 25.6. The lowest BCUT2D eigenvalue weighted by Crippen LogP contribution is -2.50. The first-order valence-corrected chi connectivity index (χ1v) is 8.84. The predicted octanol–water partition coefficient (Wildman–Crippen LogP) is 4.37. The molecule has 0 radical (unpaired) electrons. The Morgan fingerprint density at radius 2 is 2.04 bits per heavy atom. The molecule has 1 amide bonds. The molecule has 0 bridgehead atoms. The van der Waals surface area contributed by atoms with Crippen molar-refractivity contribution >= 4 is 39.4 Å². The Hall–Kier alpha value is -1.27. The Balaban J connectivity index is 2.11. The van der Waals surface area contributed by atoms with Gasteiger partial charge >= 0.3 is 6.09 Å². The lowest BCUT2D eigenvalue weighted by Gasteiger charge is -2.33. The number of Topliss-reactive ketones (excluding diaryl/α,β-unsaturated/α-hetero) is 1. The summed E-state index contributed by atoms with van der Waals surface area (Å²) < 4.78 is 12.0. The number of nitrogens with zero attached hydrogens (tertiary/aromatic N) is 1. The topological polar surface area (TPSA) is 55.8 Å². The molecule has 1 fully saturated rings. The van der Waals surface area contributed by atoms with Gasteiger partial charge in [-0.15, -0.1) is 0 Å². The highest BCUT2D eigenvalue weighted by Gasteiger charge is 2.33. The second-order valence-electron chi connectivity index (χ2n) is 6.88. The van der Waals surface area contributed by atoms with Gasteiger partial charge in [0, 0.05) is 11.4 Å². The van der Waals surface area contributed by atoms with Crippen molar-refractivity contribution in [1.82, 2.24) is 4.90 Å². The molecule has 0 saturated carbocycles. The third kappa shape index (κ3) is 5.11. The van der Waals surface area contributed by atoms with Crippen LogP contribution in [-0.4, -0.2) is 41.6 Å². The molecule has 1 saturated heterocycles. The fourth-order valence-electron chi connectivity index (χ4n) is 2.46. The summed E-state index contributed by atoms with van der Waals surface area (Å²) in [6, 6.07) is 3.53. The van der Waals surface area contributed by atoms with Crippen LogP contribution in [0, 0.1) is 6.92 Å². The van der Waals surface area contributed by atoms with Gasteiger partial charge < -0.3 is 9.47 Å². The van der Waals surface area contributed by atoms with Crippen molar-refractivity contribution in [3.05, 3.63) is 27.2 Å². The maximum Gasteiger partial charge on any atom is 0.410 e. The standard InChI is InChI=1S/C17H21BrClNO4/c1-10-5-11(19)6-14(18)15(10)23-13-7-12(21)8-20(9-13)16(22)24-17(2,3)4/h5-6,13H,7-9H2,1-4H3/t13-/m0/s1. The van der Waals surface area contributed by atoms with Crippen LogP contribution in [0.15, 0.2) is 16.6 Å². The van der Waals surface area contributed by atoms with Crippen LogP contribution in [0.3, 0.4) is 0 Å². The third-order valence-electron chi connectivity index (χ3n) is 3.38. The summed E-state index contributed by atoms with van der Waals surface area (Å²) in [5.74, 6) is 0.572. The van der Waals surface area contributed by atoms with E-state index in [-0.39, 0.29) is 18.7 Å². The number of hydrogen-bond acceptors (Lipinski definition) is 4. The van der Waals surface area contributed by atoms with Crippen molar-refractivity contribution in [3.8, 4) is 5.75 Å². The third-order valence-corrected chi connectivity index (χ3v) is 4.18. The number of halogens is 2. The molecule has 1 aliphatic heterocycles. The number of carbonyl (C=O) groups excluding carboxylic acids is 2. The Morgan fingerprint density at radius 1 is 1.38 bits per heavy atom. The average molecular weight is 419 g/mol. The number of rotatable bonds is 2. The molecule has 5 nitrogen and oxygen atoms in total. The van der Waals surface area contributed by atoms with Crippen LogP contribution in [0.2, 0.25) is 5.02 Å². The summed E-state index contributed by atoms with van der Waals surface area (Å²) in [6.07, 6.45) is -0.667. The molecule has 0 aromatic heterocycles. The van der Waals surface area contributed by atoms with Gasteiger partial charge in [-0.2, -0.15) is 0 Å². The number of ketones is 1. The smallest absolute Gasteiger partial charge is 0.410 e. The van der Waals surface area contributed by atoms with E-state index in [9.17, 15) is 9.59 Å². The van der Waals surface area contributed by atoms with Gasteiger partial charge in [0.1, 0.15) is 17.5 Å². The van der Waals surface area contributed by atoms with Gasteiger partial charge in [-0.1, -0.05) is 11.6 Å². The first-order chi connectivity index (χ1) is 11.0. The van der Waals surface area contributed by atoms with E-state index in [0.29, 0.717) is 21.8 Å². The van der Waals surface area contributed by atoms with Gasteiger partial charge in [0.2, 0.25) is 0 Å². The normalized spacial score (nSPS) is 18.5. The Morgan fingerprint density at radius 3 is 2.62 bits per heavy atom. The molecule has 1 aromatic carbocycles. The van der Waals surface area contributed by atoms with Gasteiger partial charge in [-0.05, 0) is 61.3 Å². The van der Waals surface area contributed by atoms with Crippen molar-refractivity contribution in [2.75, 3.05) is 13.1 Å². The molecule has 1 heterocycles.